The van der Waals surface area contributed by atoms with Gasteiger partial charge in [0.15, 0.2) is 0 Å². The molecule has 0 aromatic heterocycles. The minimum Gasteiger partial charge on any atom is -0.494 e. The topological polar surface area (TPSA) is 106 Å². The van der Waals surface area contributed by atoms with E-state index in [9.17, 15) is 14.4 Å². The van der Waals surface area contributed by atoms with Gasteiger partial charge in [-0.05, 0) is 55.8 Å². The van der Waals surface area contributed by atoms with E-state index < -0.39 is 11.9 Å². The lowest BCUT2D eigenvalue weighted by Gasteiger charge is -2.09. The van der Waals surface area contributed by atoms with Crippen molar-refractivity contribution in [2.45, 2.75) is 78.1 Å². The lowest BCUT2D eigenvalue weighted by molar-refractivity contribution is -0.126. The van der Waals surface area contributed by atoms with Crippen LogP contribution in [0.3, 0.4) is 0 Å². The number of hydrogen-bond acceptors (Lipinski definition) is 6. The second kappa shape index (κ2) is 19.0. The quantitative estimate of drug-likeness (QED) is 0.0662. The highest BCUT2D eigenvalue weighted by Gasteiger charge is 2.12. The zero-order valence-electron chi connectivity index (χ0n) is 23.0. The molecule has 2 aromatic rings. The summed E-state index contributed by atoms with van der Waals surface area (Å²) in [5, 5.41) is 6.57. The molecule has 2 rings (SSSR count). The molecule has 2 amide bonds. The second-order valence-electron chi connectivity index (χ2n) is 9.18. The average molecular weight is 603 g/mol. The molecule has 9 heteroatoms. The summed E-state index contributed by atoms with van der Waals surface area (Å²) < 4.78 is 11.7. The second-order valence-corrected chi connectivity index (χ2v) is 10.1. The summed E-state index contributed by atoms with van der Waals surface area (Å²) in [5.41, 5.74) is 3.24. The fraction of sp³-hybridized carbons (Fsp3) is 0.467. The smallest absolute Gasteiger partial charge is 0.343 e. The molecule has 0 atom stereocenters. The summed E-state index contributed by atoms with van der Waals surface area (Å²) in [6.45, 7) is 4.48. The van der Waals surface area contributed by atoms with Crippen LogP contribution in [0.4, 0.5) is 0 Å². The monoisotopic (exact) mass is 601 g/mol. The molecule has 0 unspecified atom stereocenters. The first-order valence-corrected chi connectivity index (χ1v) is 14.6. The normalized spacial score (nSPS) is 10.8. The lowest BCUT2D eigenvalue weighted by Crippen LogP contribution is -2.34. The number of amides is 2. The van der Waals surface area contributed by atoms with Crippen LogP contribution in [0.25, 0.3) is 0 Å². The Bertz CT molecular complexity index is 1070. The molecule has 0 bridgehead atoms. The van der Waals surface area contributed by atoms with Gasteiger partial charge in [-0.25, -0.2) is 10.2 Å². The zero-order valence-corrected chi connectivity index (χ0v) is 24.6. The summed E-state index contributed by atoms with van der Waals surface area (Å²) in [6, 6.07) is 11.7. The fourth-order valence-electron chi connectivity index (χ4n) is 3.80. The number of carbonyl (C=O) groups excluding carboxylic acids is 3. The van der Waals surface area contributed by atoms with Gasteiger partial charge in [-0.2, -0.15) is 5.10 Å². The number of hydrogen-bond donors (Lipinski definition) is 2. The fourth-order valence-corrected chi connectivity index (χ4v) is 4.18. The minimum absolute atomic E-state index is 0.146. The largest absolute Gasteiger partial charge is 0.494 e. The van der Waals surface area contributed by atoms with Gasteiger partial charge in [-0.3, -0.25) is 9.59 Å². The number of ether oxygens (including phenoxy) is 2. The molecule has 0 aliphatic carbocycles. The molecule has 212 valence electrons. The van der Waals surface area contributed by atoms with Crippen LogP contribution < -0.4 is 20.2 Å². The first kappa shape index (κ1) is 32.0. The summed E-state index contributed by atoms with van der Waals surface area (Å²) >= 11 is 3.39. The van der Waals surface area contributed by atoms with Crippen LogP contribution >= 0.6 is 15.9 Å². The van der Waals surface area contributed by atoms with Crippen molar-refractivity contribution < 1.29 is 23.9 Å². The molecule has 0 aliphatic rings. The van der Waals surface area contributed by atoms with E-state index in [0.29, 0.717) is 29.9 Å². The highest BCUT2D eigenvalue weighted by molar-refractivity contribution is 9.10. The van der Waals surface area contributed by atoms with Crippen molar-refractivity contribution in [1.29, 1.82) is 0 Å². The molecule has 8 nitrogen and oxygen atoms in total. The first-order chi connectivity index (χ1) is 18.9. The van der Waals surface area contributed by atoms with Crippen LogP contribution in [0.1, 0.15) is 94.0 Å². The third-order valence-electron chi connectivity index (χ3n) is 5.92. The summed E-state index contributed by atoms with van der Waals surface area (Å²) in [5.74, 6) is -0.179. The van der Waals surface area contributed by atoms with Gasteiger partial charge in [0.2, 0.25) is 5.91 Å². The number of halogens is 1. The van der Waals surface area contributed by atoms with E-state index in [-0.39, 0.29) is 18.2 Å². The van der Waals surface area contributed by atoms with Crippen LogP contribution in [0.5, 0.6) is 11.5 Å². The van der Waals surface area contributed by atoms with Crippen LogP contribution in [-0.4, -0.2) is 37.1 Å². The molecule has 0 aliphatic heterocycles. The van der Waals surface area contributed by atoms with Crippen LogP contribution in [0.2, 0.25) is 0 Å². The Morgan fingerprint density at radius 1 is 0.872 bits per heavy atom. The molecule has 0 radical (unpaired) electrons. The van der Waals surface area contributed by atoms with Crippen molar-refractivity contribution in [1.82, 2.24) is 10.7 Å². The van der Waals surface area contributed by atoms with Crippen LogP contribution in [0.15, 0.2) is 52.0 Å². The average Bonchev–Trinajstić information content (AvgIpc) is 2.93. The van der Waals surface area contributed by atoms with Crippen molar-refractivity contribution in [2.24, 2.45) is 5.10 Å². The van der Waals surface area contributed by atoms with Gasteiger partial charge in [0.25, 0.3) is 5.91 Å². The molecular weight excluding hydrogens is 562 g/mol. The Morgan fingerprint density at radius 3 is 2.21 bits per heavy atom. The van der Waals surface area contributed by atoms with E-state index in [0.717, 1.165) is 23.7 Å². The standard InChI is InChI=1S/C30H40BrN3O5/c1-3-5-6-7-8-9-10-11-12-13-28(35)32-22-29(36)34-33-21-24-20-25(31)16-19-27(24)39-30(37)23-14-17-26(18-15-23)38-4-2/h14-21H,3-13,22H2,1-2H3,(H,32,35)(H,34,36). The molecule has 39 heavy (non-hydrogen) atoms. The molecule has 0 saturated heterocycles. The zero-order chi connectivity index (χ0) is 28.3. The molecular formula is C30H40BrN3O5. The predicted molar refractivity (Wildman–Crippen MR) is 157 cm³/mol. The van der Waals surface area contributed by atoms with Crippen molar-refractivity contribution in [3.63, 3.8) is 0 Å². The van der Waals surface area contributed by atoms with E-state index in [1.807, 2.05) is 6.92 Å². The minimum atomic E-state index is -0.534. The maximum absolute atomic E-state index is 12.6. The molecule has 0 spiro atoms. The first-order valence-electron chi connectivity index (χ1n) is 13.8. The number of benzene rings is 2. The number of carbonyl (C=O) groups is 3. The molecule has 2 aromatic carbocycles. The van der Waals surface area contributed by atoms with Crippen LogP contribution in [0, 0.1) is 0 Å². The van der Waals surface area contributed by atoms with E-state index in [2.05, 4.69) is 38.7 Å². The molecule has 0 heterocycles. The molecule has 0 saturated carbocycles. The van der Waals surface area contributed by atoms with Crippen molar-refractivity contribution in [2.75, 3.05) is 13.2 Å². The van der Waals surface area contributed by atoms with E-state index >= 15 is 0 Å². The summed E-state index contributed by atoms with van der Waals surface area (Å²) in [4.78, 5) is 36.7. The van der Waals surface area contributed by atoms with Gasteiger partial charge < -0.3 is 14.8 Å². The Kier molecular flexibility index (Phi) is 15.6. The number of nitrogens with one attached hydrogen (secondary N) is 2. The number of rotatable bonds is 18. The van der Waals surface area contributed by atoms with Crippen molar-refractivity contribution in [3.8, 4) is 11.5 Å². The maximum atomic E-state index is 12.6. The van der Waals surface area contributed by atoms with E-state index in [4.69, 9.17) is 9.47 Å². The maximum Gasteiger partial charge on any atom is 0.343 e. The number of hydrazone groups is 1. The number of unbranched alkanes of at least 4 members (excludes halogenated alkanes) is 8. The van der Waals surface area contributed by atoms with Gasteiger partial charge in [0.1, 0.15) is 11.5 Å². The van der Waals surface area contributed by atoms with E-state index in [1.54, 1.807) is 42.5 Å². The molecule has 2 N–H and O–H groups in total. The number of esters is 1. The predicted octanol–water partition coefficient (Wildman–Crippen LogP) is 6.55. The number of nitrogens with zero attached hydrogens (tertiary/aromatic N) is 1. The van der Waals surface area contributed by atoms with Gasteiger partial charge in [-0.1, -0.05) is 74.2 Å². The van der Waals surface area contributed by atoms with Crippen molar-refractivity contribution in [3.05, 3.63) is 58.1 Å². The molecule has 0 fully saturated rings. The third-order valence-corrected chi connectivity index (χ3v) is 6.42. The van der Waals surface area contributed by atoms with Gasteiger partial charge in [-0.15, -0.1) is 0 Å². The Hall–Kier alpha value is -3.20. The Balaban J connectivity index is 1.73. The van der Waals surface area contributed by atoms with Crippen molar-refractivity contribution >= 4 is 39.9 Å². The summed E-state index contributed by atoms with van der Waals surface area (Å²) in [6.07, 6.45) is 12.4. The third kappa shape index (κ3) is 13.4. The van der Waals surface area contributed by atoms with E-state index in [1.165, 1.54) is 44.7 Å². The SMILES string of the molecule is CCCCCCCCCCCC(=O)NCC(=O)NN=Cc1cc(Br)ccc1OC(=O)c1ccc(OCC)cc1. The lowest BCUT2D eigenvalue weighted by atomic mass is 10.1. The van der Waals surface area contributed by atoms with Gasteiger partial charge in [0.05, 0.1) is 24.9 Å². The highest BCUT2D eigenvalue weighted by atomic mass is 79.9. The summed E-state index contributed by atoms with van der Waals surface area (Å²) in [7, 11) is 0. The Morgan fingerprint density at radius 2 is 1.54 bits per heavy atom. The Labute approximate surface area is 240 Å². The van der Waals surface area contributed by atoms with Gasteiger partial charge >= 0.3 is 5.97 Å². The van der Waals surface area contributed by atoms with Gasteiger partial charge in [0, 0.05) is 16.5 Å². The van der Waals surface area contributed by atoms with Crippen LogP contribution in [-0.2, 0) is 9.59 Å². The highest BCUT2D eigenvalue weighted by Crippen LogP contribution is 2.23.